The summed E-state index contributed by atoms with van der Waals surface area (Å²) in [4.78, 5) is 14.9. The van der Waals surface area contributed by atoms with Crippen molar-refractivity contribution in [3.8, 4) is 5.75 Å². The van der Waals surface area contributed by atoms with Crippen LogP contribution in [0, 0.1) is 5.82 Å². The van der Waals surface area contributed by atoms with Gasteiger partial charge in [0.2, 0.25) is 0 Å². The first kappa shape index (κ1) is 21.9. The number of nitrogens with zero attached hydrogens (tertiary/aromatic N) is 1. The number of halogens is 3. The lowest BCUT2D eigenvalue weighted by atomic mass is 10.1. The van der Waals surface area contributed by atoms with Crippen LogP contribution < -0.4 is 4.74 Å². The molecule has 1 aliphatic heterocycles. The first-order chi connectivity index (χ1) is 14.0. The van der Waals surface area contributed by atoms with Gasteiger partial charge < -0.3 is 14.4 Å². The summed E-state index contributed by atoms with van der Waals surface area (Å²) in [6, 6.07) is 9.53. The van der Waals surface area contributed by atoms with Gasteiger partial charge in [-0.15, -0.1) is 0 Å². The zero-order valence-corrected chi connectivity index (χ0v) is 17.8. The van der Waals surface area contributed by atoms with Gasteiger partial charge in [0.25, 0.3) is 5.91 Å². The van der Waals surface area contributed by atoms with Crippen molar-refractivity contribution in [1.82, 2.24) is 4.90 Å². The minimum absolute atomic E-state index is 0.0659. The molecule has 1 aliphatic rings. The SMILES string of the molecule is CCCOc1c(Cl)cc(C(=O)N(Cc2ccccc2F)CC2CCCO2)cc1Cl. The number of hydrogen-bond donors (Lipinski definition) is 0. The van der Waals surface area contributed by atoms with E-state index in [1.165, 1.54) is 6.07 Å². The number of amides is 1. The third-order valence-electron chi connectivity index (χ3n) is 4.75. The fourth-order valence-corrected chi connectivity index (χ4v) is 3.89. The van der Waals surface area contributed by atoms with Gasteiger partial charge in [-0.25, -0.2) is 4.39 Å². The molecular formula is C22H24Cl2FNO3. The fourth-order valence-electron chi connectivity index (χ4n) is 3.29. The van der Waals surface area contributed by atoms with Gasteiger partial charge in [0.15, 0.2) is 5.75 Å². The predicted molar refractivity (Wildman–Crippen MR) is 112 cm³/mol. The smallest absolute Gasteiger partial charge is 0.254 e. The molecule has 2 aromatic rings. The van der Waals surface area contributed by atoms with Crippen LogP contribution in [0.1, 0.15) is 42.1 Å². The molecule has 0 aromatic heterocycles. The van der Waals surface area contributed by atoms with Crippen LogP contribution in [0.15, 0.2) is 36.4 Å². The van der Waals surface area contributed by atoms with E-state index in [2.05, 4.69) is 0 Å². The lowest BCUT2D eigenvalue weighted by Crippen LogP contribution is -2.37. The van der Waals surface area contributed by atoms with Gasteiger partial charge in [-0.3, -0.25) is 4.79 Å². The Kier molecular flexibility index (Phi) is 7.76. The molecule has 2 aromatic carbocycles. The molecule has 0 spiro atoms. The van der Waals surface area contributed by atoms with E-state index in [1.807, 2.05) is 6.92 Å². The molecule has 0 bridgehead atoms. The zero-order valence-electron chi connectivity index (χ0n) is 16.3. The second-order valence-corrected chi connectivity index (χ2v) is 7.84. The average molecular weight is 440 g/mol. The summed E-state index contributed by atoms with van der Waals surface area (Å²) < 4.78 is 25.5. The minimum atomic E-state index is -0.350. The number of rotatable bonds is 8. The Morgan fingerprint density at radius 3 is 2.62 bits per heavy atom. The fraction of sp³-hybridized carbons (Fsp3) is 0.409. The number of carbonyl (C=O) groups is 1. The zero-order chi connectivity index (χ0) is 20.8. The summed E-state index contributed by atoms with van der Waals surface area (Å²) in [7, 11) is 0. The molecule has 1 saturated heterocycles. The van der Waals surface area contributed by atoms with Gasteiger partial charge in [0.05, 0.1) is 22.8 Å². The highest BCUT2D eigenvalue weighted by atomic mass is 35.5. The van der Waals surface area contributed by atoms with Crippen molar-refractivity contribution in [2.24, 2.45) is 0 Å². The van der Waals surface area contributed by atoms with E-state index in [4.69, 9.17) is 32.7 Å². The van der Waals surface area contributed by atoms with E-state index in [-0.39, 0.29) is 34.4 Å². The molecule has 0 saturated carbocycles. The summed E-state index contributed by atoms with van der Waals surface area (Å²) in [6.45, 7) is 3.63. The molecule has 4 nitrogen and oxygen atoms in total. The third kappa shape index (κ3) is 5.62. The van der Waals surface area contributed by atoms with E-state index < -0.39 is 0 Å². The summed E-state index contributed by atoms with van der Waals surface area (Å²) in [5.74, 6) is -0.266. The van der Waals surface area contributed by atoms with Crippen LogP contribution >= 0.6 is 23.2 Å². The Labute approximate surface area is 180 Å². The van der Waals surface area contributed by atoms with Crippen LogP contribution in [0.4, 0.5) is 4.39 Å². The van der Waals surface area contributed by atoms with Gasteiger partial charge in [0, 0.05) is 30.8 Å². The molecule has 29 heavy (non-hydrogen) atoms. The molecule has 7 heteroatoms. The average Bonchev–Trinajstić information content (AvgIpc) is 3.21. The second-order valence-electron chi connectivity index (χ2n) is 7.03. The normalized spacial score (nSPS) is 16.1. The standard InChI is InChI=1S/C22H24Cl2FNO3/c1-2-9-29-21-18(23)11-16(12-19(21)24)22(27)26(14-17-7-5-10-28-17)13-15-6-3-4-8-20(15)25/h3-4,6,8,11-12,17H,2,5,7,9-10,13-14H2,1H3. The van der Waals surface area contributed by atoms with Crippen molar-refractivity contribution >= 4 is 29.1 Å². The molecule has 1 unspecified atom stereocenters. The van der Waals surface area contributed by atoms with E-state index in [9.17, 15) is 9.18 Å². The maximum atomic E-state index is 14.2. The number of hydrogen-bond acceptors (Lipinski definition) is 3. The summed E-state index contributed by atoms with van der Waals surface area (Å²) in [6.07, 6.45) is 2.56. The monoisotopic (exact) mass is 439 g/mol. The molecular weight excluding hydrogens is 416 g/mol. The second kappa shape index (κ2) is 10.3. The maximum Gasteiger partial charge on any atom is 0.254 e. The number of carbonyl (C=O) groups excluding carboxylic acids is 1. The molecule has 3 rings (SSSR count). The predicted octanol–water partition coefficient (Wildman–Crippen LogP) is 5.74. The van der Waals surface area contributed by atoms with Gasteiger partial charge in [0.1, 0.15) is 5.82 Å². The Morgan fingerprint density at radius 2 is 2.00 bits per heavy atom. The molecule has 0 radical (unpaired) electrons. The summed E-state index contributed by atoms with van der Waals surface area (Å²) in [5, 5.41) is 0.550. The lowest BCUT2D eigenvalue weighted by molar-refractivity contribution is 0.0505. The van der Waals surface area contributed by atoms with E-state index in [0.29, 0.717) is 36.6 Å². The van der Waals surface area contributed by atoms with Crippen molar-refractivity contribution in [3.05, 3.63) is 63.4 Å². The van der Waals surface area contributed by atoms with Crippen LogP contribution in [0.25, 0.3) is 0 Å². The summed E-state index contributed by atoms with van der Waals surface area (Å²) >= 11 is 12.6. The van der Waals surface area contributed by atoms with Crippen molar-refractivity contribution in [2.45, 2.75) is 38.8 Å². The maximum absolute atomic E-state index is 14.2. The van der Waals surface area contributed by atoms with Gasteiger partial charge in [-0.1, -0.05) is 48.3 Å². The number of ether oxygens (including phenoxy) is 2. The highest BCUT2D eigenvalue weighted by Gasteiger charge is 2.25. The summed E-state index contributed by atoms with van der Waals surface area (Å²) in [5.41, 5.74) is 0.775. The van der Waals surface area contributed by atoms with Gasteiger partial charge in [-0.2, -0.15) is 0 Å². The Morgan fingerprint density at radius 1 is 1.28 bits per heavy atom. The van der Waals surface area contributed by atoms with Crippen LogP contribution in [-0.2, 0) is 11.3 Å². The van der Waals surface area contributed by atoms with Crippen molar-refractivity contribution in [2.75, 3.05) is 19.8 Å². The molecule has 1 heterocycles. The third-order valence-corrected chi connectivity index (χ3v) is 5.31. The van der Waals surface area contributed by atoms with E-state index in [0.717, 1.165) is 19.3 Å². The molecule has 1 atom stereocenters. The first-order valence-corrected chi connectivity index (χ1v) is 10.5. The molecule has 1 amide bonds. The van der Waals surface area contributed by atoms with Crippen LogP contribution in [-0.4, -0.2) is 36.7 Å². The highest BCUT2D eigenvalue weighted by molar-refractivity contribution is 6.37. The van der Waals surface area contributed by atoms with Gasteiger partial charge >= 0.3 is 0 Å². The Balaban J connectivity index is 1.86. The number of benzene rings is 2. The molecule has 1 fully saturated rings. The van der Waals surface area contributed by atoms with Crippen molar-refractivity contribution in [1.29, 1.82) is 0 Å². The quantitative estimate of drug-likeness (QED) is 0.525. The molecule has 156 valence electrons. The van der Waals surface area contributed by atoms with Crippen LogP contribution in [0.3, 0.4) is 0 Å². The van der Waals surface area contributed by atoms with Crippen molar-refractivity contribution in [3.63, 3.8) is 0 Å². The van der Waals surface area contributed by atoms with Crippen LogP contribution in [0.5, 0.6) is 5.75 Å². The van der Waals surface area contributed by atoms with Crippen LogP contribution in [0.2, 0.25) is 10.0 Å². The highest BCUT2D eigenvalue weighted by Crippen LogP contribution is 2.35. The lowest BCUT2D eigenvalue weighted by Gasteiger charge is -2.26. The van der Waals surface area contributed by atoms with Crippen molar-refractivity contribution < 1.29 is 18.7 Å². The first-order valence-electron chi connectivity index (χ1n) is 9.75. The minimum Gasteiger partial charge on any atom is -0.490 e. The topological polar surface area (TPSA) is 38.8 Å². The van der Waals surface area contributed by atoms with Gasteiger partial charge in [-0.05, 0) is 37.5 Å². The van der Waals surface area contributed by atoms with E-state index in [1.54, 1.807) is 35.2 Å². The largest absolute Gasteiger partial charge is 0.490 e. The molecule has 0 aliphatic carbocycles. The Hall–Kier alpha value is -1.82. The molecule has 0 N–H and O–H groups in total. The van der Waals surface area contributed by atoms with E-state index >= 15 is 0 Å². The Bertz CT molecular complexity index is 833.